The Balaban J connectivity index is 3.31. The first kappa shape index (κ1) is 10.5. The maximum atomic E-state index is 10.6. The monoisotopic (exact) mass is 196 g/mol. The zero-order chi connectivity index (χ0) is 10.7. The Morgan fingerprint density at radius 3 is 2.64 bits per heavy atom. The molecule has 0 aromatic heterocycles. The molecule has 0 bridgehead atoms. The Bertz CT molecular complexity index is 363. The standard InChI is InChI=1S/C9H12N2O3/c1-6-3-8(11(12)13)9(14-2)4-7(6)5-10/h3-4H,5,10H2,1-2H3. The number of nitrogens with two attached hydrogens (primary N) is 1. The van der Waals surface area contributed by atoms with Crippen LogP contribution < -0.4 is 10.5 Å². The van der Waals surface area contributed by atoms with E-state index < -0.39 is 4.92 Å². The third-order valence-electron chi connectivity index (χ3n) is 2.05. The summed E-state index contributed by atoms with van der Waals surface area (Å²) in [6.07, 6.45) is 0. The van der Waals surface area contributed by atoms with Gasteiger partial charge in [-0.1, -0.05) is 0 Å². The molecule has 0 aliphatic rings. The quantitative estimate of drug-likeness (QED) is 0.585. The van der Waals surface area contributed by atoms with Gasteiger partial charge in [0.05, 0.1) is 12.0 Å². The molecule has 1 aromatic rings. The van der Waals surface area contributed by atoms with E-state index in [2.05, 4.69) is 0 Å². The fourth-order valence-electron chi connectivity index (χ4n) is 1.24. The number of nitro groups is 1. The fourth-order valence-corrected chi connectivity index (χ4v) is 1.24. The van der Waals surface area contributed by atoms with Gasteiger partial charge >= 0.3 is 5.69 Å². The van der Waals surface area contributed by atoms with Crippen molar-refractivity contribution in [2.24, 2.45) is 5.73 Å². The molecule has 14 heavy (non-hydrogen) atoms. The minimum absolute atomic E-state index is 0.0257. The van der Waals surface area contributed by atoms with E-state index in [1.54, 1.807) is 13.0 Å². The Morgan fingerprint density at radius 2 is 2.21 bits per heavy atom. The summed E-state index contributed by atoms with van der Waals surface area (Å²) in [5.74, 6) is 0.251. The van der Waals surface area contributed by atoms with E-state index in [-0.39, 0.29) is 11.4 Å². The predicted octanol–water partition coefficient (Wildman–Crippen LogP) is 1.37. The van der Waals surface area contributed by atoms with Crippen LogP contribution in [0.5, 0.6) is 5.75 Å². The first-order valence-electron chi connectivity index (χ1n) is 4.12. The summed E-state index contributed by atoms with van der Waals surface area (Å²) in [5.41, 5.74) is 7.11. The number of hydrogen-bond acceptors (Lipinski definition) is 4. The van der Waals surface area contributed by atoms with E-state index in [1.807, 2.05) is 0 Å². The van der Waals surface area contributed by atoms with Gasteiger partial charge in [0.2, 0.25) is 0 Å². The molecular weight excluding hydrogens is 184 g/mol. The second kappa shape index (κ2) is 4.06. The second-order valence-electron chi connectivity index (χ2n) is 2.91. The Labute approximate surface area is 81.6 Å². The van der Waals surface area contributed by atoms with Crippen LogP contribution in [0.1, 0.15) is 11.1 Å². The smallest absolute Gasteiger partial charge is 0.311 e. The third kappa shape index (κ3) is 1.82. The van der Waals surface area contributed by atoms with Crippen LogP contribution in [0.3, 0.4) is 0 Å². The minimum Gasteiger partial charge on any atom is -0.490 e. The molecule has 0 aliphatic carbocycles. The van der Waals surface area contributed by atoms with E-state index in [0.717, 1.165) is 11.1 Å². The molecule has 0 saturated heterocycles. The van der Waals surface area contributed by atoms with Crippen molar-refractivity contribution in [3.05, 3.63) is 33.4 Å². The van der Waals surface area contributed by atoms with Gasteiger partial charge < -0.3 is 10.5 Å². The second-order valence-corrected chi connectivity index (χ2v) is 2.91. The highest BCUT2D eigenvalue weighted by Crippen LogP contribution is 2.29. The largest absolute Gasteiger partial charge is 0.490 e. The van der Waals surface area contributed by atoms with Gasteiger partial charge in [-0.05, 0) is 24.1 Å². The lowest BCUT2D eigenvalue weighted by Crippen LogP contribution is -2.02. The third-order valence-corrected chi connectivity index (χ3v) is 2.05. The average molecular weight is 196 g/mol. The molecule has 0 spiro atoms. The fraction of sp³-hybridized carbons (Fsp3) is 0.333. The van der Waals surface area contributed by atoms with Crippen LogP contribution in [-0.4, -0.2) is 12.0 Å². The summed E-state index contributed by atoms with van der Waals surface area (Å²) in [6, 6.07) is 3.08. The molecule has 5 nitrogen and oxygen atoms in total. The molecule has 0 unspecified atom stereocenters. The van der Waals surface area contributed by atoms with Crippen molar-refractivity contribution in [1.29, 1.82) is 0 Å². The van der Waals surface area contributed by atoms with Gasteiger partial charge in [0.25, 0.3) is 0 Å². The number of nitrogens with zero attached hydrogens (tertiary/aromatic N) is 1. The van der Waals surface area contributed by atoms with Crippen LogP contribution in [0, 0.1) is 17.0 Å². The Kier molecular flexibility index (Phi) is 3.03. The summed E-state index contributed by atoms with van der Waals surface area (Å²) < 4.78 is 4.91. The van der Waals surface area contributed by atoms with Crippen LogP contribution in [0.25, 0.3) is 0 Å². The highest BCUT2D eigenvalue weighted by molar-refractivity contribution is 5.51. The zero-order valence-corrected chi connectivity index (χ0v) is 8.11. The maximum absolute atomic E-state index is 10.6. The summed E-state index contributed by atoms with van der Waals surface area (Å²) >= 11 is 0. The van der Waals surface area contributed by atoms with Crippen molar-refractivity contribution in [1.82, 2.24) is 0 Å². The van der Waals surface area contributed by atoms with Gasteiger partial charge in [-0.2, -0.15) is 0 Å². The van der Waals surface area contributed by atoms with Crippen molar-refractivity contribution in [3.8, 4) is 5.75 Å². The first-order chi connectivity index (χ1) is 6.60. The van der Waals surface area contributed by atoms with Crippen molar-refractivity contribution >= 4 is 5.69 Å². The highest BCUT2D eigenvalue weighted by Gasteiger charge is 2.16. The first-order valence-corrected chi connectivity index (χ1v) is 4.12. The summed E-state index contributed by atoms with van der Waals surface area (Å²) in [6.45, 7) is 2.13. The molecule has 0 fully saturated rings. The summed E-state index contributed by atoms with van der Waals surface area (Å²) in [4.78, 5) is 10.2. The van der Waals surface area contributed by atoms with Crippen molar-refractivity contribution in [2.75, 3.05) is 7.11 Å². The molecule has 2 N–H and O–H groups in total. The number of methoxy groups -OCH3 is 1. The predicted molar refractivity (Wildman–Crippen MR) is 52.3 cm³/mol. The van der Waals surface area contributed by atoms with E-state index in [4.69, 9.17) is 10.5 Å². The molecule has 1 aromatic carbocycles. The average Bonchev–Trinajstić information content (AvgIpc) is 2.17. The molecular formula is C9H12N2O3. The molecule has 0 atom stereocenters. The van der Waals surface area contributed by atoms with E-state index in [1.165, 1.54) is 13.2 Å². The number of aryl methyl sites for hydroxylation is 1. The Morgan fingerprint density at radius 1 is 1.57 bits per heavy atom. The van der Waals surface area contributed by atoms with Crippen LogP contribution in [0.15, 0.2) is 12.1 Å². The van der Waals surface area contributed by atoms with Crippen LogP contribution in [0.4, 0.5) is 5.69 Å². The van der Waals surface area contributed by atoms with Gasteiger partial charge in [-0.25, -0.2) is 0 Å². The van der Waals surface area contributed by atoms with Gasteiger partial charge in [0.1, 0.15) is 0 Å². The SMILES string of the molecule is COc1cc(CN)c(C)cc1[N+](=O)[O-]. The van der Waals surface area contributed by atoms with Crippen LogP contribution >= 0.6 is 0 Å². The van der Waals surface area contributed by atoms with Gasteiger partial charge in [0, 0.05) is 12.6 Å². The lowest BCUT2D eigenvalue weighted by atomic mass is 10.1. The van der Waals surface area contributed by atoms with Crippen LogP contribution in [-0.2, 0) is 6.54 Å². The molecule has 0 radical (unpaired) electrons. The lowest BCUT2D eigenvalue weighted by molar-refractivity contribution is -0.385. The molecule has 0 amide bonds. The van der Waals surface area contributed by atoms with Crippen molar-refractivity contribution in [2.45, 2.75) is 13.5 Å². The number of benzene rings is 1. The molecule has 1 rings (SSSR count). The molecule has 0 aliphatic heterocycles. The topological polar surface area (TPSA) is 78.4 Å². The number of rotatable bonds is 3. The van der Waals surface area contributed by atoms with E-state index >= 15 is 0 Å². The van der Waals surface area contributed by atoms with Crippen molar-refractivity contribution in [3.63, 3.8) is 0 Å². The summed E-state index contributed by atoms with van der Waals surface area (Å²) in [7, 11) is 1.40. The van der Waals surface area contributed by atoms with Gasteiger partial charge in [-0.15, -0.1) is 0 Å². The van der Waals surface area contributed by atoms with E-state index in [9.17, 15) is 10.1 Å². The molecule has 0 saturated carbocycles. The van der Waals surface area contributed by atoms with Crippen molar-refractivity contribution < 1.29 is 9.66 Å². The number of ether oxygens (including phenoxy) is 1. The normalized spacial score (nSPS) is 9.93. The maximum Gasteiger partial charge on any atom is 0.311 e. The lowest BCUT2D eigenvalue weighted by Gasteiger charge is -2.06. The molecule has 0 heterocycles. The highest BCUT2D eigenvalue weighted by atomic mass is 16.6. The minimum atomic E-state index is -0.466. The van der Waals surface area contributed by atoms with Crippen LogP contribution in [0.2, 0.25) is 0 Å². The van der Waals surface area contributed by atoms with E-state index in [0.29, 0.717) is 6.54 Å². The van der Waals surface area contributed by atoms with Gasteiger partial charge in [0.15, 0.2) is 5.75 Å². The molecule has 76 valence electrons. The number of nitro benzene ring substituents is 1. The summed E-state index contributed by atoms with van der Waals surface area (Å²) in [5, 5.41) is 10.6. The molecule has 5 heteroatoms. The zero-order valence-electron chi connectivity index (χ0n) is 8.11. The van der Waals surface area contributed by atoms with Gasteiger partial charge in [-0.3, -0.25) is 10.1 Å². The Hall–Kier alpha value is -1.62. The number of hydrogen-bond donors (Lipinski definition) is 1.